The predicted molar refractivity (Wildman–Crippen MR) is 115 cm³/mol. The van der Waals surface area contributed by atoms with Crippen LogP contribution in [0.2, 0.25) is 0 Å². The van der Waals surface area contributed by atoms with Gasteiger partial charge in [-0.05, 0) is 37.0 Å². The van der Waals surface area contributed by atoms with Crippen molar-refractivity contribution >= 4 is 33.8 Å². The molecule has 1 spiro atoms. The van der Waals surface area contributed by atoms with Crippen LogP contribution in [0.4, 0.5) is 5.69 Å². The molecule has 0 atom stereocenters. The highest BCUT2D eigenvalue weighted by atomic mass is 16.2. The number of amides is 1. The second kappa shape index (κ2) is 6.29. The van der Waals surface area contributed by atoms with Crippen molar-refractivity contribution in [3.05, 3.63) is 37.1 Å². The summed E-state index contributed by atoms with van der Waals surface area (Å²) in [7, 11) is 2.00. The minimum Gasteiger partial charge on any atom is -0.369 e. The highest BCUT2D eigenvalue weighted by molar-refractivity contribution is 5.97. The van der Waals surface area contributed by atoms with Gasteiger partial charge in [0.05, 0.1) is 34.8 Å². The first-order valence-electron chi connectivity index (χ1n) is 10.4. The molecule has 2 fully saturated rings. The molecule has 5 heterocycles. The maximum atomic E-state index is 12.4. The normalized spacial score (nSPS) is 18.6. The molecule has 1 aromatic carbocycles. The van der Waals surface area contributed by atoms with Crippen LogP contribution in [-0.2, 0) is 11.8 Å². The van der Waals surface area contributed by atoms with Crippen LogP contribution < -0.4 is 10.2 Å². The maximum Gasteiger partial charge on any atom is 0.226 e. The minimum absolute atomic E-state index is 0.191. The molecule has 2 aliphatic rings. The molecule has 2 N–H and O–H groups in total. The molecule has 6 rings (SSSR count). The van der Waals surface area contributed by atoms with Crippen LogP contribution in [-0.4, -0.2) is 50.0 Å². The van der Waals surface area contributed by atoms with Crippen molar-refractivity contribution in [2.75, 3.05) is 24.5 Å². The Kier molecular flexibility index (Phi) is 3.65. The number of benzene rings is 1. The van der Waals surface area contributed by atoms with E-state index in [1.165, 1.54) is 0 Å². The van der Waals surface area contributed by atoms with Crippen LogP contribution in [0.15, 0.2) is 37.1 Å². The zero-order chi connectivity index (χ0) is 20.3. The molecule has 1 amide bonds. The van der Waals surface area contributed by atoms with E-state index in [1.807, 2.05) is 24.1 Å². The Bertz CT molecular complexity index is 1280. The average Bonchev–Trinajstić information content (AvgIpc) is 3.48. The number of carbonyl (C=O) groups is 1. The van der Waals surface area contributed by atoms with E-state index in [2.05, 4.69) is 48.4 Å². The van der Waals surface area contributed by atoms with Gasteiger partial charge in [0, 0.05) is 38.4 Å². The third-order valence-electron chi connectivity index (χ3n) is 6.87. The zero-order valence-corrected chi connectivity index (χ0v) is 16.9. The van der Waals surface area contributed by atoms with Gasteiger partial charge in [-0.1, -0.05) is 6.07 Å². The van der Waals surface area contributed by atoms with Gasteiger partial charge in [-0.2, -0.15) is 0 Å². The molecule has 0 aliphatic carbocycles. The Morgan fingerprint density at radius 3 is 2.77 bits per heavy atom. The molecule has 0 bridgehead atoms. The molecular formula is C22H23N7O. The lowest BCUT2D eigenvalue weighted by atomic mass is 9.77. The molecule has 152 valence electrons. The van der Waals surface area contributed by atoms with E-state index in [0.717, 1.165) is 72.3 Å². The van der Waals surface area contributed by atoms with E-state index in [0.29, 0.717) is 5.65 Å². The van der Waals surface area contributed by atoms with E-state index >= 15 is 0 Å². The number of carbonyl (C=O) groups excluding carboxylic acids is 1. The third-order valence-corrected chi connectivity index (χ3v) is 6.87. The topological polar surface area (TPSA) is 91.7 Å². The highest BCUT2D eigenvalue weighted by Crippen LogP contribution is 2.43. The first-order chi connectivity index (χ1) is 14.6. The van der Waals surface area contributed by atoms with Gasteiger partial charge in [0.15, 0.2) is 5.65 Å². The van der Waals surface area contributed by atoms with Gasteiger partial charge in [0.25, 0.3) is 0 Å². The van der Waals surface area contributed by atoms with Gasteiger partial charge in [-0.3, -0.25) is 4.79 Å². The SMILES string of the molecule is Cn1cnc2cc(-c3cnc4nc[nH]c4c3N3CCC4(CCNC4=O)CC3)ccc21. The molecule has 4 aromatic rings. The molecule has 0 radical (unpaired) electrons. The zero-order valence-electron chi connectivity index (χ0n) is 16.9. The fourth-order valence-electron chi connectivity index (χ4n) is 5.08. The lowest BCUT2D eigenvalue weighted by molar-refractivity contribution is -0.128. The number of aryl methyl sites for hydroxylation is 1. The largest absolute Gasteiger partial charge is 0.369 e. The van der Waals surface area contributed by atoms with E-state index < -0.39 is 0 Å². The number of nitrogens with zero attached hydrogens (tertiary/aromatic N) is 5. The summed E-state index contributed by atoms with van der Waals surface area (Å²) in [4.78, 5) is 31.6. The number of hydrogen-bond acceptors (Lipinski definition) is 5. The summed E-state index contributed by atoms with van der Waals surface area (Å²) < 4.78 is 2.02. The number of piperidine rings is 1. The second-order valence-electron chi connectivity index (χ2n) is 8.45. The fraction of sp³-hybridized carbons (Fsp3) is 0.364. The number of imidazole rings is 2. The van der Waals surface area contributed by atoms with Crippen LogP contribution in [0.25, 0.3) is 33.3 Å². The first kappa shape index (κ1) is 17.4. The van der Waals surface area contributed by atoms with Crippen LogP contribution in [0.3, 0.4) is 0 Å². The van der Waals surface area contributed by atoms with E-state index in [-0.39, 0.29) is 11.3 Å². The van der Waals surface area contributed by atoms with Crippen molar-refractivity contribution in [2.24, 2.45) is 12.5 Å². The number of anilines is 1. The molecule has 2 saturated heterocycles. The van der Waals surface area contributed by atoms with Crippen molar-refractivity contribution in [3.8, 4) is 11.1 Å². The number of fused-ring (bicyclic) bond motifs is 2. The summed E-state index contributed by atoms with van der Waals surface area (Å²) in [5, 5.41) is 3.02. The lowest BCUT2D eigenvalue weighted by Gasteiger charge is -2.39. The molecule has 30 heavy (non-hydrogen) atoms. The number of rotatable bonds is 2. The highest BCUT2D eigenvalue weighted by Gasteiger charge is 2.44. The van der Waals surface area contributed by atoms with Gasteiger partial charge in [-0.15, -0.1) is 0 Å². The number of H-pyrrole nitrogens is 1. The summed E-state index contributed by atoms with van der Waals surface area (Å²) in [5.41, 5.74) is 6.79. The predicted octanol–water partition coefficient (Wildman–Crippen LogP) is 2.62. The summed E-state index contributed by atoms with van der Waals surface area (Å²) >= 11 is 0. The quantitative estimate of drug-likeness (QED) is 0.539. The Labute approximate surface area is 173 Å². The third kappa shape index (κ3) is 2.46. The van der Waals surface area contributed by atoms with E-state index in [1.54, 1.807) is 6.33 Å². The van der Waals surface area contributed by atoms with Crippen molar-refractivity contribution in [1.29, 1.82) is 0 Å². The Balaban J connectivity index is 1.44. The first-order valence-corrected chi connectivity index (χ1v) is 10.4. The Morgan fingerprint density at radius 1 is 1.10 bits per heavy atom. The number of pyridine rings is 1. The lowest BCUT2D eigenvalue weighted by Crippen LogP contribution is -2.44. The van der Waals surface area contributed by atoms with Crippen LogP contribution in [0.5, 0.6) is 0 Å². The molecule has 0 unspecified atom stereocenters. The number of aromatic amines is 1. The van der Waals surface area contributed by atoms with Crippen molar-refractivity contribution < 1.29 is 4.79 Å². The summed E-state index contributed by atoms with van der Waals surface area (Å²) in [5.74, 6) is 0.226. The molecular weight excluding hydrogens is 378 g/mol. The summed E-state index contributed by atoms with van der Waals surface area (Å²) in [6.45, 7) is 2.48. The van der Waals surface area contributed by atoms with E-state index in [4.69, 9.17) is 0 Å². The smallest absolute Gasteiger partial charge is 0.226 e. The average molecular weight is 401 g/mol. The number of nitrogens with one attached hydrogen (secondary N) is 2. The monoisotopic (exact) mass is 401 g/mol. The maximum absolute atomic E-state index is 12.4. The molecule has 0 saturated carbocycles. The van der Waals surface area contributed by atoms with Crippen LogP contribution in [0.1, 0.15) is 19.3 Å². The van der Waals surface area contributed by atoms with Crippen molar-refractivity contribution in [2.45, 2.75) is 19.3 Å². The summed E-state index contributed by atoms with van der Waals surface area (Å²) in [6, 6.07) is 6.35. The standard InChI is InChI=1S/C22H23N7O/c1-28-13-27-16-10-14(2-3-17(16)28)15-11-24-20-18(25-12-26-20)19(15)29-8-5-22(6-9-29)4-7-23-21(22)30/h2-3,10-13H,4-9H2,1H3,(H,23,30)(H,24,25,26). The number of hydrogen-bond donors (Lipinski definition) is 2. The molecule has 3 aromatic heterocycles. The van der Waals surface area contributed by atoms with E-state index in [9.17, 15) is 4.79 Å². The minimum atomic E-state index is -0.191. The molecule has 2 aliphatic heterocycles. The van der Waals surface area contributed by atoms with Gasteiger partial charge in [0.1, 0.15) is 5.52 Å². The van der Waals surface area contributed by atoms with Crippen LogP contribution in [0, 0.1) is 5.41 Å². The molecule has 8 heteroatoms. The van der Waals surface area contributed by atoms with Gasteiger partial charge in [-0.25, -0.2) is 15.0 Å². The Morgan fingerprint density at radius 2 is 1.97 bits per heavy atom. The summed E-state index contributed by atoms with van der Waals surface area (Å²) in [6.07, 6.45) is 8.13. The Hall–Kier alpha value is -3.42. The molecule has 8 nitrogen and oxygen atoms in total. The van der Waals surface area contributed by atoms with Crippen molar-refractivity contribution in [1.82, 2.24) is 29.8 Å². The van der Waals surface area contributed by atoms with Crippen molar-refractivity contribution in [3.63, 3.8) is 0 Å². The fourth-order valence-corrected chi connectivity index (χ4v) is 5.08. The van der Waals surface area contributed by atoms with Crippen LogP contribution >= 0.6 is 0 Å². The number of aromatic nitrogens is 5. The van der Waals surface area contributed by atoms with Gasteiger partial charge < -0.3 is 19.8 Å². The van der Waals surface area contributed by atoms with Gasteiger partial charge >= 0.3 is 0 Å². The second-order valence-corrected chi connectivity index (χ2v) is 8.45. The van der Waals surface area contributed by atoms with Gasteiger partial charge in [0.2, 0.25) is 5.91 Å².